The zero-order chi connectivity index (χ0) is 12.1. The van der Waals surface area contributed by atoms with Gasteiger partial charge in [0.25, 0.3) is 0 Å². The maximum atomic E-state index is 13.1. The molecule has 1 N–H and O–H groups in total. The molecule has 2 aromatic rings. The summed E-state index contributed by atoms with van der Waals surface area (Å²) in [7, 11) is 1.94. The van der Waals surface area contributed by atoms with Crippen molar-refractivity contribution in [3.8, 4) is 5.69 Å². The van der Waals surface area contributed by atoms with Crippen LogP contribution in [0.3, 0.4) is 0 Å². The van der Waals surface area contributed by atoms with E-state index in [9.17, 15) is 4.39 Å². The Hall–Kier alpha value is -1.68. The number of aromatic nitrogens is 2. The fraction of sp³-hybridized carbons (Fsp3) is 0.308. The molecule has 0 unspecified atom stereocenters. The highest BCUT2D eigenvalue weighted by molar-refractivity contribution is 5.31. The van der Waals surface area contributed by atoms with Gasteiger partial charge in [-0.1, -0.05) is 6.07 Å². The van der Waals surface area contributed by atoms with E-state index in [0.717, 1.165) is 25.1 Å². The van der Waals surface area contributed by atoms with Crippen molar-refractivity contribution >= 4 is 0 Å². The lowest BCUT2D eigenvalue weighted by Gasteiger charge is -2.00. The minimum Gasteiger partial charge on any atom is -0.320 e. The van der Waals surface area contributed by atoms with Crippen LogP contribution in [0, 0.1) is 5.82 Å². The minimum absolute atomic E-state index is 0.241. The summed E-state index contributed by atoms with van der Waals surface area (Å²) >= 11 is 0. The van der Waals surface area contributed by atoms with Gasteiger partial charge in [-0.15, -0.1) is 0 Å². The minimum atomic E-state index is -0.241. The molecule has 1 heterocycles. The smallest absolute Gasteiger partial charge is 0.125 e. The third-order valence-electron chi connectivity index (χ3n) is 2.60. The quantitative estimate of drug-likeness (QED) is 0.802. The lowest BCUT2D eigenvalue weighted by atomic mass is 10.2. The summed E-state index contributed by atoms with van der Waals surface area (Å²) in [5.41, 5.74) is 1.93. The maximum absolute atomic E-state index is 13.1. The zero-order valence-electron chi connectivity index (χ0n) is 9.86. The number of hydrogen-bond acceptors (Lipinski definition) is 2. The first-order valence-electron chi connectivity index (χ1n) is 5.73. The summed E-state index contributed by atoms with van der Waals surface area (Å²) in [6, 6.07) is 6.44. The molecule has 3 nitrogen and oxygen atoms in total. The molecular weight excluding hydrogens is 217 g/mol. The van der Waals surface area contributed by atoms with Crippen molar-refractivity contribution < 1.29 is 4.39 Å². The van der Waals surface area contributed by atoms with Crippen LogP contribution in [-0.4, -0.2) is 23.4 Å². The molecule has 1 aromatic heterocycles. The van der Waals surface area contributed by atoms with Crippen molar-refractivity contribution in [1.29, 1.82) is 0 Å². The fourth-order valence-electron chi connectivity index (χ4n) is 1.72. The fourth-order valence-corrected chi connectivity index (χ4v) is 1.72. The third kappa shape index (κ3) is 3.14. The van der Waals surface area contributed by atoms with Crippen LogP contribution in [-0.2, 0) is 6.42 Å². The van der Waals surface area contributed by atoms with Gasteiger partial charge in [-0.25, -0.2) is 9.07 Å². The molecule has 90 valence electrons. The largest absolute Gasteiger partial charge is 0.320 e. The molecule has 0 saturated heterocycles. The van der Waals surface area contributed by atoms with Gasteiger partial charge < -0.3 is 5.32 Å². The van der Waals surface area contributed by atoms with Gasteiger partial charge in [0.2, 0.25) is 0 Å². The highest BCUT2D eigenvalue weighted by atomic mass is 19.1. The highest BCUT2D eigenvalue weighted by Gasteiger charge is 2.01. The lowest BCUT2D eigenvalue weighted by Crippen LogP contribution is -2.08. The van der Waals surface area contributed by atoms with E-state index in [-0.39, 0.29) is 5.82 Å². The molecule has 0 aliphatic heterocycles. The number of aryl methyl sites for hydroxylation is 1. The molecule has 1 aromatic carbocycles. The van der Waals surface area contributed by atoms with E-state index in [0.29, 0.717) is 0 Å². The number of nitrogens with one attached hydrogen (secondary N) is 1. The lowest BCUT2D eigenvalue weighted by molar-refractivity contribution is 0.625. The Balaban J connectivity index is 2.07. The molecule has 2 rings (SSSR count). The third-order valence-corrected chi connectivity index (χ3v) is 2.60. The van der Waals surface area contributed by atoms with E-state index in [4.69, 9.17) is 0 Å². The van der Waals surface area contributed by atoms with Gasteiger partial charge in [0.1, 0.15) is 5.82 Å². The molecule has 0 bridgehead atoms. The number of nitrogens with zero attached hydrogens (tertiary/aromatic N) is 2. The summed E-state index contributed by atoms with van der Waals surface area (Å²) in [4.78, 5) is 0. The average Bonchev–Trinajstić information content (AvgIpc) is 2.78. The number of halogens is 1. The van der Waals surface area contributed by atoms with Crippen LogP contribution in [0.25, 0.3) is 5.69 Å². The summed E-state index contributed by atoms with van der Waals surface area (Å²) in [5.74, 6) is -0.241. The van der Waals surface area contributed by atoms with Crippen LogP contribution < -0.4 is 5.32 Å². The van der Waals surface area contributed by atoms with Crippen molar-refractivity contribution in [2.75, 3.05) is 13.6 Å². The van der Waals surface area contributed by atoms with Gasteiger partial charge in [-0.3, -0.25) is 0 Å². The molecular formula is C13H16FN3. The van der Waals surface area contributed by atoms with Gasteiger partial charge in [-0.2, -0.15) is 5.10 Å². The van der Waals surface area contributed by atoms with Gasteiger partial charge in [0.05, 0.1) is 11.9 Å². The molecule has 0 amide bonds. The molecule has 17 heavy (non-hydrogen) atoms. The van der Waals surface area contributed by atoms with Gasteiger partial charge in [0, 0.05) is 6.20 Å². The summed E-state index contributed by atoms with van der Waals surface area (Å²) in [5, 5.41) is 7.34. The molecule has 0 aliphatic carbocycles. The Labute approximate surface area is 100 Å². The molecule has 0 saturated carbocycles. The van der Waals surface area contributed by atoms with Gasteiger partial charge in [0.15, 0.2) is 0 Å². The van der Waals surface area contributed by atoms with Crippen molar-refractivity contribution in [3.05, 3.63) is 48.0 Å². The first kappa shape index (κ1) is 11.8. The summed E-state index contributed by atoms with van der Waals surface area (Å²) < 4.78 is 14.8. The van der Waals surface area contributed by atoms with Crippen LogP contribution >= 0.6 is 0 Å². The average molecular weight is 233 g/mol. The Bertz CT molecular complexity index is 479. The molecule has 0 aliphatic rings. The SMILES string of the molecule is CNCCCc1cnn(-c2cccc(F)c2)c1. The Morgan fingerprint density at radius 3 is 3.06 bits per heavy atom. The molecule has 0 spiro atoms. The Morgan fingerprint density at radius 2 is 2.29 bits per heavy atom. The van der Waals surface area contributed by atoms with E-state index in [1.807, 2.05) is 25.5 Å². The summed E-state index contributed by atoms with van der Waals surface area (Å²) in [6.45, 7) is 0.991. The van der Waals surface area contributed by atoms with Gasteiger partial charge >= 0.3 is 0 Å². The molecule has 4 heteroatoms. The maximum Gasteiger partial charge on any atom is 0.125 e. The van der Waals surface area contributed by atoms with Crippen molar-refractivity contribution in [2.24, 2.45) is 0 Å². The van der Waals surface area contributed by atoms with Crippen molar-refractivity contribution in [2.45, 2.75) is 12.8 Å². The second kappa shape index (κ2) is 5.59. The second-order valence-electron chi connectivity index (χ2n) is 3.98. The topological polar surface area (TPSA) is 29.9 Å². The van der Waals surface area contributed by atoms with Crippen LogP contribution in [0.5, 0.6) is 0 Å². The first-order chi connectivity index (χ1) is 8.29. The Morgan fingerprint density at radius 1 is 1.41 bits per heavy atom. The summed E-state index contributed by atoms with van der Waals surface area (Å²) in [6.07, 6.45) is 5.84. The Kier molecular flexibility index (Phi) is 3.88. The van der Waals surface area contributed by atoms with Crippen molar-refractivity contribution in [3.63, 3.8) is 0 Å². The number of rotatable bonds is 5. The predicted octanol–water partition coefficient (Wildman–Crippen LogP) is 2.16. The van der Waals surface area contributed by atoms with Crippen LogP contribution in [0.4, 0.5) is 4.39 Å². The standard InChI is InChI=1S/C13H16FN3/c1-15-7-3-4-11-9-16-17(10-11)13-6-2-5-12(14)8-13/h2,5-6,8-10,15H,3-4,7H2,1H3. The first-order valence-corrected chi connectivity index (χ1v) is 5.73. The zero-order valence-corrected chi connectivity index (χ0v) is 9.86. The van der Waals surface area contributed by atoms with Crippen LogP contribution in [0.15, 0.2) is 36.7 Å². The van der Waals surface area contributed by atoms with E-state index in [2.05, 4.69) is 10.4 Å². The van der Waals surface area contributed by atoms with E-state index < -0.39 is 0 Å². The number of benzene rings is 1. The molecule has 0 radical (unpaired) electrons. The van der Waals surface area contributed by atoms with E-state index in [1.165, 1.54) is 17.7 Å². The van der Waals surface area contributed by atoms with E-state index in [1.54, 1.807) is 10.7 Å². The predicted molar refractivity (Wildman–Crippen MR) is 65.8 cm³/mol. The normalized spacial score (nSPS) is 10.7. The van der Waals surface area contributed by atoms with E-state index >= 15 is 0 Å². The molecule has 0 atom stereocenters. The highest BCUT2D eigenvalue weighted by Crippen LogP contribution is 2.10. The van der Waals surface area contributed by atoms with Crippen LogP contribution in [0.1, 0.15) is 12.0 Å². The molecule has 0 fully saturated rings. The van der Waals surface area contributed by atoms with Crippen LogP contribution in [0.2, 0.25) is 0 Å². The van der Waals surface area contributed by atoms with Gasteiger partial charge in [-0.05, 0) is 50.2 Å². The van der Waals surface area contributed by atoms with Crippen molar-refractivity contribution in [1.82, 2.24) is 15.1 Å². The number of hydrogen-bond donors (Lipinski definition) is 1. The second-order valence-corrected chi connectivity index (χ2v) is 3.98. The monoisotopic (exact) mass is 233 g/mol.